The highest BCUT2D eigenvalue weighted by atomic mass is 32.1. The lowest BCUT2D eigenvalue weighted by Crippen LogP contribution is -2.35. The van der Waals surface area contributed by atoms with Crippen LogP contribution in [0.15, 0.2) is 6.07 Å². The van der Waals surface area contributed by atoms with E-state index < -0.39 is 0 Å². The number of ketones is 1. The van der Waals surface area contributed by atoms with Crippen molar-refractivity contribution < 1.29 is 14.4 Å². The molecule has 1 heterocycles. The Labute approximate surface area is 141 Å². The Morgan fingerprint density at radius 2 is 1.83 bits per heavy atom. The van der Waals surface area contributed by atoms with Gasteiger partial charge in [0.15, 0.2) is 5.78 Å². The van der Waals surface area contributed by atoms with Crippen molar-refractivity contribution in [2.24, 2.45) is 0 Å². The van der Waals surface area contributed by atoms with Crippen molar-refractivity contribution in [3.05, 3.63) is 21.4 Å². The van der Waals surface area contributed by atoms with Crippen LogP contribution >= 0.6 is 11.3 Å². The fourth-order valence-corrected chi connectivity index (χ4v) is 3.06. The van der Waals surface area contributed by atoms with Crippen molar-refractivity contribution in [1.82, 2.24) is 10.6 Å². The number of carbonyl (C=O) groups excluding carboxylic acids is 3. The number of amides is 2. The Morgan fingerprint density at radius 3 is 2.39 bits per heavy atom. The molecule has 1 unspecified atom stereocenters. The van der Waals surface area contributed by atoms with E-state index in [-0.39, 0.29) is 42.9 Å². The van der Waals surface area contributed by atoms with E-state index in [0.717, 1.165) is 16.2 Å². The molecular weight excluding hydrogens is 312 g/mol. The smallest absolute Gasteiger partial charge is 0.221 e. The second kappa shape index (κ2) is 9.45. The minimum atomic E-state index is -0.195. The average Bonchev–Trinajstić information content (AvgIpc) is 2.83. The summed E-state index contributed by atoms with van der Waals surface area (Å²) in [6, 6.07) is 2.02. The second-order valence-corrected chi connectivity index (χ2v) is 7.19. The van der Waals surface area contributed by atoms with Gasteiger partial charge in [-0.25, -0.2) is 0 Å². The normalized spacial score (nSPS) is 11.8. The second-order valence-electron chi connectivity index (χ2n) is 5.73. The number of nitrogens with one attached hydrogen (secondary N) is 2. The quantitative estimate of drug-likeness (QED) is 0.680. The average molecular weight is 338 g/mol. The van der Waals surface area contributed by atoms with Crippen LogP contribution in [0.4, 0.5) is 0 Å². The summed E-state index contributed by atoms with van der Waals surface area (Å²) >= 11 is 1.59. The molecule has 0 bridgehead atoms. The largest absolute Gasteiger partial charge is 0.356 e. The maximum atomic E-state index is 12.1. The van der Waals surface area contributed by atoms with Crippen LogP contribution in [-0.2, 0) is 9.59 Å². The molecule has 1 aromatic heterocycles. The Hall–Kier alpha value is -1.69. The summed E-state index contributed by atoms with van der Waals surface area (Å²) in [6.45, 7) is 8.12. The highest BCUT2D eigenvalue weighted by Crippen LogP contribution is 2.22. The van der Waals surface area contributed by atoms with E-state index in [1.165, 1.54) is 0 Å². The first-order valence-electron chi connectivity index (χ1n) is 7.99. The van der Waals surface area contributed by atoms with Gasteiger partial charge >= 0.3 is 0 Å². The minimum Gasteiger partial charge on any atom is -0.356 e. The Morgan fingerprint density at radius 1 is 1.13 bits per heavy atom. The maximum Gasteiger partial charge on any atom is 0.221 e. The SMILES string of the molecule is CCC(C)NC(=O)CCNC(=O)CCC(=O)c1cc(C)sc1C. The van der Waals surface area contributed by atoms with Gasteiger partial charge in [0.25, 0.3) is 0 Å². The molecule has 0 fully saturated rings. The molecule has 23 heavy (non-hydrogen) atoms. The van der Waals surface area contributed by atoms with Crippen LogP contribution in [0, 0.1) is 13.8 Å². The lowest BCUT2D eigenvalue weighted by molar-refractivity contribution is -0.122. The summed E-state index contributed by atoms with van der Waals surface area (Å²) in [6.07, 6.45) is 1.48. The molecule has 0 saturated heterocycles. The van der Waals surface area contributed by atoms with Gasteiger partial charge in [0.05, 0.1) is 0 Å². The van der Waals surface area contributed by atoms with E-state index in [9.17, 15) is 14.4 Å². The van der Waals surface area contributed by atoms with Gasteiger partial charge in [-0.05, 0) is 33.3 Å². The van der Waals surface area contributed by atoms with Crippen LogP contribution in [0.25, 0.3) is 0 Å². The summed E-state index contributed by atoms with van der Waals surface area (Å²) in [5.74, 6) is -0.268. The van der Waals surface area contributed by atoms with E-state index in [1.54, 1.807) is 11.3 Å². The van der Waals surface area contributed by atoms with Crippen LogP contribution in [-0.4, -0.2) is 30.2 Å². The molecule has 5 nitrogen and oxygen atoms in total. The predicted octanol–water partition coefficient (Wildman–Crippen LogP) is 2.75. The van der Waals surface area contributed by atoms with Crippen LogP contribution < -0.4 is 10.6 Å². The third kappa shape index (κ3) is 6.95. The van der Waals surface area contributed by atoms with Gasteiger partial charge in [0.2, 0.25) is 11.8 Å². The summed E-state index contributed by atoms with van der Waals surface area (Å²) in [5, 5.41) is 5.52. The maximum absolute atomic E-state index is 12.1. The predicted molar refractivity (Wildman–Crippen MR) is 92.9 cm³/mol. The summed E-state index contributed by atoms with van der Waals surface area (Å²) < 4.78 is 0. The lowest BCUT2D eigenvalue weighted by Gasteiger charge is -2.11. The summed E-state index contributed by atoms with van der Waals surface area (Å²) in [4.78, 5) is 37.5. The summed E-state index contributed by atoms with van der Waals surface area (Å²) in [7, 11) is 0. The number of carbonyl (C=O) groups is 3. The Bertz CT molecular complexity index is 566. The van der Waals surface area contributed by atoms with Gasteiger partial charge in [-0.2, -0.15) is 0 Å². The fraction of sp³-hybridized carbons (Fsp3) is 0.588. The Kier molecular flexibility index (Phi) is 7.95. The first kappa shape index (κ1) is 19.4. The molecule has 0 spiro atoms. The van der Waals surface area contributed by atoms with Gasteiger partial charge in [0, 0.05) is 47.2 Å². The standard InChI is InChI=1S/C17H26N2O3S/c1-5-11(2)19-17(22)8-9-18-16(21)7-6-15(20)14-10-12(3)23-13(14)4/h10-11H,5-9H2,1-4H3,(H,18,21)(H,19,22). The monoisotopic (exact) mass is 338 g/mol. The zero-order chi connectivity index (χ0) is 17.4. The third-order valence-electron chi connectivity index (χ3n) is 3.61. The molecule has 0 aliphatic heterocycles. The lowest BCUT2D eigenvalue weighted by atomic mass is 10.1. The Balaban J connectivity index is 2.25. The number of aryl methyl sites for hydroxylation is 2. The van der Waals surface area contributed by atoms with Crippen molar-refractivity contribution in [2.45, 2.75) is 59.4 Å². The van der Waals surface area contributed by atoms with E-state index in [4.69, 9.17) is 0 Å². The van der Waals surface area contributed by atoms with Gasteiger partial charge in [-0.15, -0.1) is 11.3 Å². The number of hydrogen-bond acceptors (Lipinski definition) is 4. The molecule has 128 valence electrons. The van der Waals surface area contributed by atoms with E-state index >= 15 is 0 Å². The molecule has 0 saturated carbocycles. The zero-order valence-corrected chi connectivity index (χ0v) is 15.1. The van der Waals surface area contributed by atoms with Gasteiger partial charge < -0.3 is 10.6 Å². The molecule has 1 atom stereocenters. The molecule has 0 aliphatic rings. The first-order valence-corrected chi connectivity index (χ1v) is 8.81. The van der Waals surface area contributed by atoms with E-state index in [1.807, 2.05) is 33.8 Å². The zero-order valence-electron chi connectivity index (χ0n) is 14.3. The fourth-order valence-electron chi connectivity index (χ4n) is 2.12. The van der Waals surface area contributed by atoms with Crippen LogP contribution in [0.2, 0.25) is 0 Å². The molecule has 2 amide bonds. The number of thiophene rings is 1. The van der Waals surface area contributed by atoms with E-state index in [0.29, 0.717) is 12.1 Å². The van der Waals surface area contributed by atoms with Gasteiger partial charge in [-0.1, -0.05) is 6.92 Å². The van der Waals surface area contributed by atoms with Crippen molar-refractivity contribution in [1.29, 1.82) is 0 Å². The van der Waals surface area contributed by atoms with Gasteiger partial charge in [0.1, 0.15) is 0 Å². The number of hydrogen-bond donors (Lipinski definition) is 2. The molecule has 1 rings (SSSR count). The minimum absolute atomic E-state index is 0.00323. The van der Waals surface area contributed by atoms with Crippen molar-refractivity contribution >= 4 is 28.9 Å². The molecule has 0 aliphatic carbocycles. The van der Waals surface area contributed by atoms with Gasteiger partial charge in [-0.3, -0.25) is 14.4 Å². The first-order chi connectivity index (χ1) is 10.8. The van der Waals surface area contributed by atoms with Crippen LogP contribution in [0.3, 0.4) is 0 Å². The molecule has 0 radical (unpaired) electrons. The molecule has 2 N–H and O–H groups in total. The highest BCUT2D eigenvalue weighted by molar-refractivity contribution is 7.12. The van der Waals surface area contributed by atoms with Crippen molar-refractivity contribution in [3.63, 3.8) is 0 Å². The molecular formula is C17H26N2O3S. The number of Topliss-reactive ketones (excluding diaryl/α,β-unsaturated/α-hetero) is 1. The molecule has 6 heteroatoms. The van der Waals surface area contributed by atoms with Crippen molar-refractivity contribution in [3.8, 4) is 0 Å². The third-order valence-corrected chi connectivity index (χ3v) is 4.58. The van der Waals surface area contributed by atoms with Crippen molar-refractivity contribution in [2.75, 3.05) is 6.54 Å². The van der Waals surface area contributed by atoms with Crippen LogP contribution in [0.5, 0.6) is 0 Å². The van der Waals surface area contributed by atoms with E-state index in [2.05, 4.69) is 10.6 Å². The van der Waals surface area contributed by atoms with Crippen LogP contribution in [0.1, 0.15) is 59.6 Å². The number of rotatable bonds is 9. The molecule has 1 aromatic rings. The molecule has 0 aromatic carbocycles. The summed E-state index contributed by atoms with van der Waals surface area (Å²) in [5.41, 5.74) is 0.716. The highest BCUT2D eigenvalue weighted by Gasteiger charge is 2.14. The topological polar surface area (TPSA) is 75.3 Å².